The van der Waals surface area contributed by atoms with Gasteiger partial charge in [-0.3, -0.25) is 4.72 Å². The van der Waals surface area contributed by atoms with E-state index < -0.39 is 10.0 Å². The average molecular weight is 310 g/mol. The Hall–Kier alpha value is -1.99. The molecular weight excluding hydrogens is 292 g/mol. The highest BCUT2D eigenvalue weighted by molar-refractivity contribution is 7.92. The number of hydrogen-bond donors (Lipinski definition) is 2. The van der Waals surface area contributed by atoms with Gasteiger partial charge in [0.05, 0.1) is 5.69 Å². The fourth-order valence-corrected chi connectivity index (χ4v) is 2.95. The zero-order chi connectivity index (χ0) is 15.6. The molecule has 2 aromatic rings. The van der Waals surface area contributed by atoms with Crippen LogP contribution in [-0.2, 0) is 16.6 Å². The second kappa shape index (κ2) is 5.79. The van der Waals surface area contributed by atoms with Crippen molar-refractivity contribution < 1.29 is 17.9 Å². The quantitative estimate of drug-likeness (QED) is 0.882. The molecule has 0 aliphatic carbocycles. The molecule has 0 unspecified atom stereocenters. The molecule has 0 bridgehead atoms. The number of rotatable bonds is 5. The number of aryl methyl sites for hydroxylation is 1. The molecule has 0 aliphatic heterocycles. The lowest BCUT2D eigenvalue weighted by Gasteiger charge is -2.17. The molecule has 114 valence electrons. The van der Waals surface area contributed by atoms with Crippen LogP contribution in [0.2, 0.25) is 0 Å². The third-order valence-corrected chi connectivity index (χ3v) is 4.25. The molecule has 0 spiro atoms. The van der Waals surface area contributed by atoms with E-state index in [1.165, 1.54) is 12.1 Å². The van der Waals surface area contributed by atoms with E-state index in [9.17, 15) is 8.42 Å². The third-order valence-electron chi connectivity index (χ3n) is 3.00. The van der Waals surface area contributed by atoms with Crippen molar-refractivity contribution in [3.05, 3.63) is 41.7 Å². The Morgan fingerprint density at radius 1 is 1.24 bits per heavy atom. The lowest BCUT2D eigenvalue weighted by Crippen LogP contribution is -2.14. The predicted octanol–water partition coefficient (Wildman–Crippen LogP) is 1.95. The van der Waals surface area contributed by atoms with Crippen LogP contribution in [0.3, 0.4) is 0 Å². The van der Waals surface area contributed by atoms with E-state index in [0.29, 0.717) is 5.69 Å². The topological polar surface area (TPSA) is 82.8 Å². The Morgan fingerprint density at radius 3 is 2.52 bits per heavy atom. The molecule has 0 aliphatic rings. The zero-order valence-corrected chi connectivity index (χ0v) is 12.9. The molecule has 2 rings (SSSR count). The van der Waals surface area contributed by atoms with Crippen LogP contribution in [0.5, 0.6) is 0 Å². The number of nitrogens with zero attached hydrogens (tertiary/aromatic N) is 1. The standard InChI is InChI=1S/C14H18N2O4S/c1-10-4-5-11(8-13(10)16(2)3)15-21(18,19)14-7-6-12(9-17)20-14/h4-8,15,17H,9H2,1-3H3. The SMILES string of the molecule is Cc1ccc(NS(=O)(=O)c2ccc(CO)o2)cc1N(C)C. The maximum Gasteiger partial charge on any atom is 0.295 e. The second-order valence-electron chi connectivity index (χ2n) is 4.88. The van der Waals surface area contributed by atoms with Gasteiger partial charge in [-0.1, -0.05) is 6.07 Å². The van der Waals surface area contributed by atoms with Crippen LogP contribution in [0, 0.1) is 6.92 Å². The lowest BCUT2D eigenvalue weighted by molar-refractivity contribution is 0.236. The van der Waals surface area contributed by atoms with Crippen LogP contribution >= 0.6 is 0 Å². The fraction of sp³-hybridized carbons (Fsp3) is 0.286. The molecule has 0 radical (unpaired) electrons. The normalized spacial score (nSPS) is 11.4. The minimum absolute atomic E-state index is 0.202. The number of nitrogens with one attached hydrogen (secondary N) is 1. The molecule has 0 amide bonds. The number of sulfonamides is 1. The smallest absolute Gasteiger partial charge is 0.295 e. The van der Waals surface area contributed by atoms with Crippen LogP contribution in [-0.4, -0.2) is 27.6 Å². The number of aliphatic hydroxyl groups excluding tert-OH is 1. The number of hydrogen-bond acceptors (Lipinski definition) is 5. The van der Waals surface area contributed by atoms with Crippen molar-refractivity contribution in [2.45, 2.75) is 18.6 Å². The highest BCUT2D eigenvalue weighted by Crippen LogP contribution is 2.25. The largest absolute Gasteiger partial charge is 0.445 e. The number of anilines is 2. The molecule has 6 nitrogen and oxygen atoms in total. The van der Waals surface area contributed by atoms with Gasteiger partial charge >= 0.3 is 0 Å². The van der Waals surface area contributed by atoms with E-state index in [-0.39, 0.29) is 17.5 Å². The minimum atomic E-state index is -3.80. The average Bonchev–Trinajstić information content (AvgIpc) is 2.90. The van der Waals surface area contributed by atoms with E-state index in [1.54, 1.807) is 12.1 Å². The van der Waals surface area contributed by atoms with Gasteiger partial charge < -0.3 is 14.4 Å². The second-order valence-corrected chi connectivity index (χ2v) is 6.49. The van der Waals surface area contributed by atoms with Gasteiger partial charge in [0, 0.05) is 19.8 Å². The Bertz CT molecular complexity index is 735. The summed E-state index contributed by atoms with van der Waals surface area (Å²) in [6.45, 7) is 1.61. The monoisotopic (exact) mass is 310 g/mol. The summed E-state index contributed by atoms with van der Waals surface area (Å²) in [5.41, 5.74) is 2.42. The summed E-state index contributed by atoms with van der Waals surface area (Å²) in [6.07, 6.45) is 0. The first-order chi connectivity index (χ1) is 9.83. The molecule has 1 aromatic heterocycles. The van der Waals surface area contributed by atoms with Crippen molar-refractivity contribution in [3.8, 4) is 0 Å². The van der Waals surface area contributed by atoms with Gasteiger partial charge in [-0.25, -0.2) is 0 Å². The van der Waals surface area contributed by atoms with Gasteiger partial charge in [0.1, 0.15) is 12.4 Å². The Morgan fingerprint density at radius 2 is 1.95 bits per heavy atom. The molecule has 0 saturated heterocycles. The van der Waals surface area contributed by atoms with Crippen molar-refractivity contribution in [2.24, 2.45) is 0 Å². The summed E-state index contributed by atoms with van der Waals surface area (Å²) in [5.74, 6) is 0.202. The molecule has 0 fully saturated rings. The van der Waals surface area contributed by atoms with Crippen molar-refractivity contribution in [1.82, 2.24) is 0 Å². The van der Waals surface area contributed by atoms with Gasteiger partial charge in [0.15, 0.2) is 0 Å². The minimum Gasteiger partial charge on any atom is -0.445 e. The Balaban J connectivity index is 2.30. The first kappa shape index (κ1) is 15.4. The molecular formula is C14H18N2O4S. The molecule has 2 N–H and O–H groups in total. The van der Waals surface area contributed by atoms with Crippen LogP contribution in [0.15, 0.2) is 39.8 Å². The first-order valence-corrected chi connectivity index (χ1v) is 7.82. The first-order valence-electron chi connectivity index (χ1n) is 6.34. The summed E-state index contributed by atoms with van der Waals surface area (Å²) in [5, 5.41) is 8.70. The molecule has 0 atom stereocenters. The van der Waals surface area contributed by atoms with E-state index >= 15 is 0 Å². The van der Waals surface area contributed by atoms with Crippen molar-refractivity contribution in [1.29, 1.82) is 0 Å². The molecule has 1 aromatic carbocycles. The van der Waals surface area contributed by atoms with Gasteiger partial charge in [-0.15, -0.1) is 0 Å². The van der Waals surface area contributed by atoms with Crippen molar-refractivity contribution in [2.75, 3.05) is 23.7 Å². The van der Waals surface area contributed by atoms with Gasteiger partial charge in [-0.2, -0.15) is 8.42 Å². The lowest BCUT2D eigenvalue weighted by atomic mass is 10.2. The number of aliphatic hydroxyl groups is 1. The highest BCUT2D eigenvalue weighted by atomic mass is 32.2. The van der Waals surface area contributed by atoms with Crippen molar-refractivity contribution in [3.63, 3.8) is 0 Å². The Kier molecular flexibility index (Phi) is 4.24. The zero-order valence-electron chi connectivity index (χ0n) is 12.1. The van der Waals surface area contributed by atoms with E-state index in [2.05, 4.69) is 4.72 Å². The van der Waals surface area contributed by atoms with Gasteiger partial charge in [0.25, 0.3) is 10.0 Å². The summed E-state index contributed by atoms with van der Waals surface area (Å²) in [7, 11) is -0.0251. The molecule has 1 heterocycles. The predicted molar refractivity (Wildman–Crippen MR) is 80.9 cm³/mol. The summed E-state index contributed by atoms with van der Waals surface area (Å²) in [4.78, 5) is 1.91. The Labute approximate surface area is 124 Å². The summed E-state index contributed by atoms with van der Waals surface area (Å²) < 4.78 is 31.9. The van der Waals surface area contributed by atoms with Crippen molar-refractivity contribution >= 4 is 21.4 Å². The van der Waals surface area contributed by atoms with E-state index in [4.69, 9.17) is 9.52 Å². The molecule has 21 heavy (non-hydrogen) atoms. The van der Waals surface area contributed by atoms with E-state index in [0.717, 1.165) is 11.3 Å². The van der Waals surface area contributed by atoms with Gasteiger partial charge in [-0.05, 0) is 36.8 Å². The van der Waals surface area contributed by atoms with Crippen LogP contribution in [0.4, 0.5) is 11.4 Å². The maximum atomic E-state index is 12.2. The third kappa shape index (κ3) is 3.37. The van der Waals surface area contributed by atoms with E-state index in [1.807, 2.05) is 32.0 Å². The van der Waals surface area contributed by atoms with Crippen LogP contribution in [0.1, 0.15) is 11.3 Å². The fourth-order valence-electron chi connectivity index (χ4n) is 1.95. The molecule has 7 heteroatoms. The number of furan rings is 1. The van der Waals surface area contributed by atoms with Gasteiger partial charge in [0.2, 0.25) is 5.09 Å². The highest BCUT2D eigenvalue weighted by Gasteiger charge is 2.19. The summed E-state index contributed by atoms with van der Waals surface area (Å²) in [6, 6.07) is 8.02. The summed E-state index contributed by atoms with van der Waals surface area (Å²) >= 11 is 0. The van der Waals surface area contributed by atoms with Crippen LogP contribution in [0.25, 0.3) is 0 Å². The van der Waals surface area contributed by atoms with Crippen LogP contribution < -0.4 is 9.62 Å². The molecule has 0 saturated carbocycles. The maximum absolute atomic E-state index is 12.2. The number of benzene rings is 1.